The molecule has 0 saturated heterocycles. The summed E-state index contributed by atoms with van der Waals surface area (Å²) in [6.07, 6.45) is 3.83. The van der Waals surface area contributed by atoms with E-state index >= 15 is 0 Å². The molecular formula is C11H19N. The maximum atomic E-state index is 3.74. The van der Waals surface area contributed by atoms with Crippen molar-refractivity contribution < 1.29 is 0 Å². The van der Waals surface area contributed by atoms with Crippen LogP contribution in [0.5, 0.6) is 0 Å². The largest absolute Gasteiger partial charge is 0.298 e. The van der Waals surface area contributed by atoms with Gasteiger partial charge in [0.1, 0.15) is 0 Å². The minimum Gasteiger partial charge on any atom is -0.298 e. The number of rotatable bonds is 2. The van der Waals surface area contributed by atoms with Gasteiger partial charge in [-0.15, -0.1) is 0 Å². The lowest BCUT2D eigenvalue weighted by Gasteiger charge is -2.04. The molecule has 68 valence electrons. The van der Waals surface area contributed by atoms with E-state index in [1.54, 1.807) is 0 Å². The van der Waals surface area contributed by atoms with Gasteiger partial charge in [-0.3, -0.25) is 4.90 Å². The molecule has 1 rings (SSSR count). The van der Waals surface area contributed by atoms with Crippen LogP contribution in [-0.2, 0) is 0 Å². The molecule has 0 aromatic heterocycles. The minimum atomic E-state index is 1.02. The third-order valence-corrected chi connectivity index (χ3v) is 1.79. The van der Waals surface area contributed by atoms with Gasteiger partial charge in [0.05, 0.1) is 0 Å². The zero-order valence-electron chi connectivity index (χ0n) is 8.43. The fraction of sp³-hybridized carbons (Fsp3) is 0.455. The van der Waals surface area contributed by atoms with E-state index in [4.69, 9.17) is 0 Å². The molecule has 1 heteroatoms. The molecule has 0 amide bonds. The zero-order chi connectivity index (χ0) is 9.56. The molecule has 0 saturated carbocycles. The highest BCUT2D eigenvalue weighted by Gasteiger charge is 2.13. The first kappa shape index (κ1) is 11.2. The SMILES string of the molecule is C=CC1=C(C=C)CN(C)C1.CC. The van der Waals surface area contributed by atoms with Crippen molar-refractivity contribution in [2.75, 3.05) is 20.1 Å². The lowest BCUT2D eigenvalue weighted by molar-refractivity contribution is 0.428. The van der Waals surface area contributed by atoms with Crippen LogP contribution in [0.15, 0.2) is 36.5 Å². The second-order valence-electron chi connectivity index (χ2n) is 2.63. The fourth-order valence-corrected chi connectivity index (χ4v) is 1.23. The predicted molar refractivity (Wildman–Crippen MR) is 56.3 cm³/mol. The van der Waals surface area contributed by atoms with Crippen LogP contribution >= 0.6 is 0 Å². The van der Waals surface area contributed by atoms with Crippen LogP contribution in [0.2, 0.25) is 0 Å². The second-order valence-corrected chi connectivity index (χ2v) is 2.63. The Morgan fingerprint density at radius 3 is 1.67 bits per heavy atom. The van der Waals surface area contributed by atoms with Gasteiger partial charge in [-0.05, 0) is 18.2 Å². The van der Waals surface area contributed by atoms with Crippen LogP contribution < -0.4 is 0 Å². The summed E-state index contributed by atoms with van der Waals surface area (Å²) >= 11 is 0. The van der Waals surface area contributed by atoms with Gasteiger partial charge in [-0.2, -0.15) is 0 Å². The average molecular weight is 165 g/mol. The molecule has 0 spiro atoms. The van der Waals surface area contributed by atoms with Gasteiger partial charge in [-0.25, -0.2) is 0 Å². The van der Waals surface area contributed by atoms with E-state index in [1.807, 2.05) is 26.0 Å². The van der Waals surface area contributed by atoms with E-state index in [1.165, 1.54) is 11.1 Å². The predicted octanol–water partition coefficient (Wildman–Crippen LogP) is 2.63. The minimum absolute atomic E-state index is 1.02. The molecule has 0 N–H and O–H groups in total. The summed E-state index contributed by atoms with van der Waals surface area (Å²) in [7, 11) is 2.10. The number of nitrogens with zero attached hydrogens (tertiary/aromatic N) is 1. The monoisotopic (exact) mass is 165 g/mol. The van der Waals surface area contributed by atoms with Crippen molar-refractivity contribution in [1.29, 1.82) is 0 Å². The number of likely N-dealkylation sites (N-methyl/N-ethyl adjacent to an activating group) is 1. The molecule has 0 radical (unpaired) electrons. The Morgan fingerprint density at radius 1 is 1.08 bits per heavy atom. The molecule has 0 fully saturated rings. The van der Waals surface area contributed by atoms with Crippen LogP contribution in [0, 0.1) is 0 Å². The summed E-state index contributed by atoms with van der Waals surface area (Å²) in [6.45, 7) is 13.5. The number of hydrogen-bond acceptors (Lipinski definition) is 1. The highest BCUT2D eigenvalue weighted by atomic mass is 15.1. The zero-order valence-corrected chi connectivity index (χ0v) is 8.43. The van der Waals surface area contributed by atoms with Crippen LogP contribution in [0.25, 0.3) is 0 Å². The molecule has 0 atom stereocenters. The van der Waals surface area contributed by atoms with Gasteiger partial charge < -0.3 is 0 Å². The summed E-state index contributed by atoms with van der Waals surface area (Å²) in [5, 5.41) is 0. The normalized spacial score (nSPS) is 16.9. The van der Waals surface area contributed by atoms with Crippen molar-refractivity contribution in [3.05, 3.63) is 36.5 Å². The third-order valence-electron chi connectivity index (χ3n) is 1.79. The van der Waals surface area contributed by atoms with Crippen molar-refractivity contribution in [3.63, 3.8) is 0 Å². The maximum Gasteiger partial charge on any atom is 0.0237 e. The molecule has 0 aliphatic carbocycles. The lowest BCUT2D eigenvalue weighted by atomic mass is 10.1. The van der Waals surface area contributed by atoms with Crippen LogP contribution in [0.4, 0.5) is 0 Å². The van der Waals surface area contributed by atoms with Crippen LogP contribution in [-0.4, -0.2) is 25.0 Å². The summed E-state index contributed by atoms with van der Waals surface area (Å²) < 4.78 is 0. The van der Waals surface area contributed by atoms with Crippen molar-refractivity contribution in [3.8, 4) is 0 Å². The van der Waals surface area contributed by atoms with Crippen molar-refractivity contribution in [1.82, 2.24) is 4.90 Å². The summed E-state index contributed by atoms with van der Waals surface area (Å²) in [5.41, 5.74) is 2.63. The maximum absolute atomic E-state index is 3.74. The average Bonchev–Trinajstić information content (AvgIpc) is 2.49. The highest BCUT2D eigenvalue weighted by Crippen LogP contribution is 2.16. The molecule has 0 aromatic carbocycles. The summed E-state index contributed by atoms with van der Waals surface area (Å²) in [6, 6.07) is 0. The first-order chi connectivity index (χ1) is 5.77. The Labute approximate surface area is 76.1 Å². The summed E-state index contributed by atoms with van der Waals surface area (Å²) in [5.74, 6) is 0. The Balaban J connectivity index is 0.000000561. The second kappa shape index (κ2) is 5.78. The Kier molecular flexibility index (Phi) is 5.39. The fourth-order valence-electron chi connectivity index (χ4n) is 1.23. The van der Waals surface area contributed by atoms with Crippen molar-refractivity contribution >= 4 is 0 Å². The lowest BCUT2D eigenvalue weighted by Crippen LogP contribution is -2.14. The highest BCUT2D eigenvalue weighted by molar-refractivity contribution is 5.37. The van der Waals surface area contributed by atoms with E-state index < -0.39 is 0 Å². The van der Waals surface area contributed by atoms with E-state index in [2.05, 4.69) is 25.1 Å². The molecule has 1 aliphatic heterocycles. The Hall–Kier alpha value is -0.820. The topological polar surface area (TPSA) is 3.24 Å². The Morgan fingerprint density at radius 2 is 1.42 bits per heavy atom. The van der Waals surface area contributed by atoms with Gasteiger partial charge in [-0.1, -0.05) is 39.2 Å². The van der Waals surface area contributed by atoms with Gasteiger partial charge >= 0.3 is 0 Å². The molecule has 1 heterocycles. The molecule has 0 unspecified atom stereocenters. The molecule has 1 aliphatic rings. The quantitative estimate of drug-likeness (QED) is 0.608. The summed E-state index contributed by atoms with van der Waals surface area (Å²) in [4.78, 5) is 2.24. The third kappa shape index (κ3) is 2.67. The molecule has 12 heavy (non-hydrogen) atoms. The molecule has 0 aromatic rings. The van der Waals surface area contributed by atoms with E-state index in [0.29, 0.717) is 0 Å². The molecular weight excluding hydrogens is 146 g/mol. The first-order valence-corrected chi connectivity index (χ1v) is 4.43. The standard InChI is InChI=1S/C9H13N.C2H6/c1-4-8-6-10(3)7-9(8)5-2;1-2/h4-5H,1-2,6-7H2,3H3;1-2H3. The first-order valence-electron chi connectivity index (χ1n) is 4.43. The molecule has 0 bridgehead atoms. The van der Waals surface area contributed by atoms with Crippen LogP contribution in [0.3, 0.4) is 0 Å². The van der Waals surface area contributed by atoms with Gasteiger partial charge in [0.2, 0.25) is 0 Å². The smallest absolute Gasteiger partial charge is 0.0237 e. The van der Waals surface area contributed by atoms with E-state index in [-0.39, 0.29) is 0 Å². The number of hydrogen-bond donors (Lipinski definition) is 0. The Bertz CT molecular complexity index is 169. The van der Waals surface area contributed by atoms with Gasteiger partial charge in [0.15, 0.2) is 0 Å². The van der Waals surface area contributed by atoms with E-state index in [0.717, 1.165) is 13.1 Å². The van der Waals surface area contributed by atoms with Gasteiger partial charge in [0, 0.05) is 13.1 Å². The van der Waals surface area contributed by atoms with Crippen molar-refractivity contribution in [2.45, 2.75) is 13.8 Å². The van der Waals surface area contributed by atoms with Crippen LogP contribution in [0.1, 0.15) is 13.8 Å². The van der Waals surface area contributed by atoms with Crippen molar-refractivity contribution in [2.24, 2.45) is 0 Å². The van der Waals surface area contributed by atoms with E-state index in [9.17, 15) is 0 Å². The molecule has 1 nitrogen and oxygen atoms in total. The van der Waals surface area contributed by atoms with Gasteiger partial charge in [0.25, 0.3) is 0 Å².